The summed E-state index contributed by atoms with van der Waals surface area (Å²) in [7, 11) is 0. The van der Waals surface area contributed by atoms with E-state index in [0.717, 1.165) is 46.8 Å². The highest BCUT2D eigenvalue weighted by atomic mass is 16.5. The zero-order chi connectivity index (χ0) is 35.0. The van der Waals surface area contributed by atoms with Gasteiger partial charge in [0.15, 0.2) is 0 Å². The first kappa shape index (κ1) is 31.5. The van der Waals surface area contributed by atoms with Crippen molar-refractivity contribution >= 4 is 38.8 Å². The molecule has 0 radical (unpaired) electrons. The van der Waals surface area contributed by atoms with Crippen molar-refractivity contribution in [2.75, 3.05) is 4.90 Å². The highest BCUT2D eigenvalue weighted by Gasteiger charge is 2.40. The number of terminal acetylenes is 1. The van der Waals surface area contributed by atoms with Gasteiger partial charge in [0.2, 0.25) is 0 Å². The number of hydrogen-bond donors (Lipinski definition) is 0. The van der Waals surface area contributed by atoms with Crippen molar-refractivity contribution in [1.29, 1.82) is 0 Å². The van der Waals surface area contributed by atoms with Crippen molar-refractivity contribution in [2.24, 2.45) is 0 Å². The normalized spacial score (nSPS) is 18.0. The van der Waals surface area contributed by atoms with Gasteiger partial charge in [0.05, 0.1) is 17.1 Å². The van der Waals surface area contributed by atoms with Gasteiger partial charge in [-0.25, -0.2) is 0 Å². The van der Waals surface area contributed by atoms with E-state index in [1.54, 1.807) is 6.08 Å². The summed E-state index contributed by atoms with van der Waals surface area (Å²) in [5.74, 6) is 3.63. The number of nitrogens with zero attached hydrogens (tertiary/aromatic N) is 2. The number of benzene rings is 5. The molecule has 3 aliphatic rings. The fraction of sp³-hybridized carbons (Fsp3) is 0.102. The standard InChI is InChI=1S/C49H38N2O/c1-3-5-13-34(4-2)35-22-28-38(29-23-35)50(47-20-12-17-44-43-16-8-11-21-48(43)52-49(44)47)39-30-24-36(25-31-39)37-26-32-40(33-27-37)51-45-18-9-6-14-41(45)42-15-7-10-19-46(42)51/h1,4-7,9-15,17-33,47,49H,8,16H2,2H3/b13-5-,34-4+. The zero-order valence-corrected chi connectivity index (χ0v) is 29.1. The topological polar surface area (TPSA) is 17.4 Å². The molecule has 2 aliphatic carbocycles. The molecule has 6 aromatic rings. The second-order valence-electron chi connectivity index (χ2n) is 13.4. The van der Waals surface area contributed by atoms with Crippen molar-refractivity contribution < 1.29 is 4.74 Å². The summed E-state index contributed by atoms with van der Waals surface area (Å²) < 4.78 is 9.07. The van der Waals surface area contributed by atoms with Gasteiger partial charge in [-0.05, 0) is 109 Å². The van der Waals surface area contributed by atoms with Crippen LogP contribution in [0.3, 0.4) is 0 Å². The lowest BCUT2D eigenvalue weighted by atomic mass is 9.88. The van der Waals surface area contributed by atoms with Gasteiger partial charge in [-0.2, -0.15) is 0 Å². The minimum Gasteiger partial charge on any atom is -0.483 e. The van der Waals surface area contributed by atoms with Crippen LogP contribution in [0.1, 0.15) is 25.3 Å². The quantitative estimate of drug-likeness (QED) is 0.124. The molecular formula is C49H38N2O. The Morgan fingerprint density at radius 1 is 0.808 bits per heavy atom. The van der Waals surface area contributed by atoms with Crippen LogP contribution in [0.4, 0.5) is 11.4 Å². The Morgan fingerprint density at radius 2 is 1.44 bits per heavy atom. The second-order valence-corrected chi connectivity index (χ2v) is 13.4. The smallest absolute Gasteiger partial charge is 0.148 e. The van der Waals surface area contributed by atoms with Crippen LogP contribution in [0.5, 0.6) is 0 Å². The maximum Gasteiger partial charge on any atom is 0.148 e. The van der Waals surface area contributed by atoms with E-state index in [4.69, 9.17) is 11.2 Å². The molecule has 1 aromatic heterocycles. The van der Waals surface area contributed by atoms with E-state index in [0.29, 0.717) is 0 Å². The summed E-state index contributed by atoms with van der Waals surface area (Å²) in [6, 6.07) is 43.9. The van der Waals surface area contributed by atoms with Gasteiger partial charge in [-0.15, -0.1) is 6.42 Å². The molecule has 9 rings (SSSR count). The first-order valence-corrected chi connectivity index (χ1v) is 18.0. The summed E-state index contributed by atoms with van der Waals surface area (Å²) in [6.07, 6.45) is 24.4. The van der Waals surface area contributed by atoms with Crippen molar-refractivity contribution in [3.63, 3.8) is 0 Å². The van der Waals surface area contributed by atoms with Gasteiger partial charge in [0, 0.05) is 39.0 Å². The average Bonchev–Trinajstić information content (AvgIpc) is 3.76. The maximum atomic E-state index is 6.71. The third kappa shape index (κ3) is 5.41. The maximum absolute atomic E-state index is 6.71. The zero-order valence-electron chi connectivity index (χ0n) is 29.1. The Bertz CT molecular complexity index is 2490. The van der Waals surface area contributed by atoms with Gasteiger partial charge in [-0.1, -0.05) is 109 Å². The van der Waals surface area contributed by atoms with Crippen LogP contribution < -0.4 is 4.90 Å². The van der Waals surface area contributed by atoms with E-state index in [-0.39, 0.29) is 12.1 Å². The van der Waals surface area contributed by atoms with Crippen molar-refractivity contribution in [3.8, 4) is 29.2 Å². The summed E-state index contributed by atoms with van der Waals surface area (Å²) >= 11 is 0. The van der Waals surface area contributed by atoms with Crippen LogP contribution in [-0.4, -0.2) is 16.7 Å². The Balaban J connectivity index is 1.06. The largest absolute Gasteiger partial charge is 0.483 e. The van der Waals surface area contributed by atoms with Crippen molar-refractivity contribution in [2.45, 2.75) is 31.9 Å². The molecule has 0 spiro atoms. The minimum absolute atomic E-state index is 0.0243. The van der Waals surface area contributed by atoms with Crippen LogP contribution in [0.25, 0.3) is 44.2 Å². The van der Waals surface area contributed by atoms with E-state index in [1.807, 2.05) is 13.0 Å². The highest BCUT2D eigenvalue weighted by molar-refractivity contribution is 6.09. The molecule has 0 amide bonds. The van der Waals surface area contributed by atoms with Gasteiger partial charge in [0.25, 0.3) is 0 Å². The summed E-state index contributed by atoms with van der Waals surface area (Å²) in [6.45, 7) is 2.04. The second kappa shape index (κ2) is 13.3. The number of ether oxygens (including phenoxy) is 1. The van der Waals surface area contributed by atoms with Crippen LogP contribution in [0.15, 0.2) is 187 Å². The number of aromatic nitrogens is 1. The van der Waals surface area contributed by atoms with E-state index >= 15 is 0 Å². The van der Waals surface area contributed by atoms with E-state index in [2.05, 4.69) is 173 Å². The lowest BCUT2D eigenvalue weighted by Crippen LogP contribution is -2.41. The molecule has 3 nitrogen and oxygen atoms in total. The van der Waals surface area contributed by atoms with E-state index < -0.39 is 0 Å². The number of allylic oxidation sites excluding steroid dienone is 8. The lowest BCUT2D eigenvalue weighted by Gasteiger charge is -2.37. The number of rotatable bonds is 7. The molecular weight excluding hydrogens is 633 g/mol. The monoisotopic (exact) mass is 670 g/mol. The summed E-state index contributed by atoms with van der Waals surface area (Å²) in [5.41, 5.74) is 13.0. The molecule has 250 valence electrons. The lowest BCUT2D eigenvalue weighted by molar-refractivity contribution is 0.162. The molecule has 52 heavy (non-hydrogen) atoms. The van der Waals surface area contributed by atoms with Gasteiger partial charge in [-0.3, -0.25) is 0 Å². The Labute approximate surface area is 305 Å². The number of anilines is 2. The first-order chi connectivity index (χ1) is 25.7. The Hall–Kier alpha value is -6.50. The number of hydrogen-bond acceptors (Lipinski definition) is 2. The molecule has 2 heterocycles. The Kier molecular flexibility index (Phi) is 8.07. The predicted octanol–water partition coefficient (Wildman–Crippen LogP) is 12.0. The van der Waals surface area contributed by atoms with Crippen LogP contribution in [-0.2, 0) is 4.74 Å². The fourth-order valence-corrected chi connectivity index (χ4v) is 8.08. The molecule has 3 heteroatoms. The SMILES string of the molecule is C#C/C=C\C(=C/C)c1ccc(N(c2ccc(-c3ccc(-n4c5ccccc5c5ccccc54)cc3)cc2)C2C=CC=C3C4=C(C=CCC4)OC32)cc1. The van der Waals surface area contributed by atoms with Gasteiger partial charge < -0.3 is 14.2 Å². The van der Waals surface area contributed by atoms with Crippen molar-refractivity contribution in [1.82, 2.24) is 4.57 Å². The van der Waals surface area contributed by atoms with Crippen LogP contribution in [0, 0.1) is 12.3 Å². The highest BCUT2D eigenvalue weighted by Crippen LogP contribution is 2.44. The first-order valence-electron chi connectivity index (χ1n) is 18.0. The molecule has 0 saturated carbocycles. The van der Waals surface area contributed by atoms with Crippen LogP contribution >= 0.6 is 0 Å². The molecule has 5 aromatic carbocycles. The molecule has 0 bridgehead atoms. The molecule has 0 saturated heterocycles. The fourth-order valence-electron chi connectivity index (χ4n) is 8.08. The molecule has 1 aliphatic heterocycles. The van der Waals surface area contributed by atoms with Gasteiger partial charge >= 0.3 is 0 Å². The van der Waals surface area contributed by atoms with E-state index in [9.17, 15) is 0 Å². The molecule has 2 atom stereocenters. The van der Waals surface area contributed by atoms with Crippen molar-refractivity contribution in [3.05, 3.63) is 192 Å². The minimum atomic E-state index is -0.0878. The third-order valence-electron chi connectivity index (χ3n) is 10.6. The summed E-state index contributed by atoms with van der Waals surface area (Å²) in [5, 5.41) is 2.54. The van der Waals surface area contributed by atoms with E-state index in [1.165, 1.54) is 44.1 Å². The average molecular weight is 671 g/mol. The Morgan fingerprint density at radius 3 is 2.10 bits per heavy atom. The number of fused-ring (bicyclic) bond motifs is 5. The number of para-hydroxylation sites is 2. The molecule has 2 unspecified atom stereocenters. The molecule has 0 N–H and O–H groups in total. The summed E-state index contributed by atoms with van der Waals surface area (Å²) in [4.78, 5) is 2.42. The van der Waals surface area contributed by atoms with Gasteiger partial charge in [0.1, 0.15) is 11.9 Å². The molecule has 0 fully saturated rings. The predicted molar refractivity (Wildman–Crippen MR) is 218 cm³/mol. The third-order valence-corrected chi connectivity index (χ3v) is 10.6. The van der Waals surface area contributed by atoms with Crippen LogP contribution in [0.2, 0.25) is 0 Å².